The first-order valence-corrected chi connectivity index (χ1v) is 4.20. The summed E-state index contributed by atoms with van der Waals surface area (Å²) in [6.45, 7) is 1.45. The van der Waals surface area contributed by atoms with Gasteiger partial charge in [-0.25, -0.2) is 9.18 Å². The summed E-state index contributed by atoms with van der Waals surface area (Å²) in [6, 6.07) is 3.86. The Labute approximate surface area is 84.3 Å². The Morgan fingerprint density at radius 1 is 1.47 bits per heavy atom. The Morgan fingerprint density at radius 2 is 2.07 bits per heavy atom. The number of halogens is 3. The second kappa shape index (κ2) is 3.92. The largest absolute Gasteiger partial charge is 0.477 e. The summed E-state index contributed by atoms with van der Waals surface area (Å²) in [5.74, 6) is -6.99. The molecule has 0 saturated carbocycles. The van der Waals surface area contributed by atoms with Crippen molar-refractivity contribution in [3.8, 4) is 0 Å². The minimum absolute atomic E-state index is 0.259. The van der Waals surface area contributed by atoms with Crippen LogP contribution in [-0.2, 0) is 11.2 Å². The second-order valence-electron chi connectivity index (χ2n) is 3.22. The monoisotopic (exact) mass is 218 g/mol. The highest BCUT2D eigenvalue weighted by molar-refractivity contribution is 5.75. The van der Waals surface area contributed by atoms with Gasteiger partial charge < -0.3 is 5.11 Å². The molecule has 0 aliphatic carbocycles. The van der Waals surface area contributed by atoms with Gasteiger partial charge in [0.05, 0.1) is 6.42 Å². The standard InChI is InChI=1S/C10H9F3O2/c1-6-3-2-4-8(11)7(6)5-10(12,13)9(14)15/h2-4H,5H2,1H3,(H,14,15). The van der Waals surface area contributed by atoms with Crippen LogP contribution in [0.15, 0.2) is 18.2 Å². The minimum Gasteiger partial charge on any atom is -0.477 e. The van der Waals surface area contributed by atoms with E-state index in [2.05, 4.69) is 0 Å². The molecule has 1 aromatic carbocycles. The van der Waals surface area contributed by atoms with Gasteiger partial charge in [-0.05, 0) is 24.1 Å². The third kappa shape index (κ3) is 2.49. The van der Waals surface area contributed by atoms with Crippen LogP contribution in [0, 0.1) is 12.7 Å². The van der Waals surface area contributed by atoms with Gasteiger partial charge in [-0.3, -0.25) is 0 Å². The molecule has 1 N–H and O–H groups in total. The first-order valence-electron chi connectivity index (χ1n) is 4.20. The normalized spacial score (nSPS) is 11.5. The molecule has 0 heterocycles. The number of aliphatic carboxylic acids is 1. The lowest BCUT2D eigenvalue weighted by Crippen LogP contribution is -2.31. The van der Waals surface area contributed by atoms with Gasteiger partial charge in [0.1, 0.15) is 5.82 Å². The summed E-state index contributed by atoms with van der Waals surface area (Å²) in [5, 5.41) is 8.21. The van der Waals surface area contributed by atoms with E-state index in [4.69, 9.17) is 5.11 Å². The molecule has 0 fully saturated rings. The van der Waals surface area contributed by atoms with E-state index >= 15 is 0 Å². The first kappa shape index (κ1) is 11.6. The molecule has 0 spiro atoms. The van der Waals surface area contributed by atoms with E-state index in [1.165, 1.54) is 19.1 Å². The zero-order valence-corrected chi connectivity index (χ0v) is 7.93. The molecule has 15 heavy (non-hydrogen) atoms. The molecule has 1 aromatic rings. The third-order valence-corrected chi connectivity index (χ3v) is 2.06. The van der Waals surface area contributed by atoms with Crippen molar-refractivity contribution >= 4 is 5.97 Å². The molecule has 1 rings (SSSR count). The molecule has 0 bridgehead atoms. The molecule has 0 amide bonds. The van der Waals surface area contributed by atoms with E-state index in [0.717, 1.165) is 6.07 Å². The van der Waals surface area contributed by atoms with Crippen LogP contribution in [0.25, 0.3) is 0 Å². The number of aryl methyl sites for hydroxylation is 1. The molecule has 0 radical (unpaired) electrons. The highest BCUT2D eigenvalue weighted by Crippen LogP contribution is 2.24. The number of rotatable bonds is 3. The average Bonchev–Trinajstić information content (AvgIpc) is 2.11. The Bertz CT molecular complexity index is 368. The lowest BCUT2D eigenvalue weighted by Gasteiger charge is -2.13. The Balaban J connectivity index is 3.04. The fourth-order valence-electron chi connectivity index (χ4n) is 1.19. The summed E-state index contributed by atoms with van der Waals surface area (Å²) in [5.41, 5.74) is 0.0563. The predicted octanol–water partition coefficient (Wildman–Crippen LogP) is 2.40. The third-order valence-electron chi connectivity index (χ3n) is 2.06. The van der Waals surface area contributed by atoms with Gasteiger partial charge in [-0.1, -0.05) is 12.1 Å². The SMILES string of the molecule is Cc1cccc(F)c1CC(F)(F)C(=O)O. The zero-order valence-electron chi connectivity index (χ0n) is 7.93. The second-order valence-corrected chi connectivity index (χ2v) is 3.22. The summed E-state index contributed by atoms with van der Waals surface area (Å²) < 4.78 is 38.8. The van der Waals surface area contributed by atoms with Gasteiger partial charge in [-0.2, -0.15) is 8.78 Å². The smallest absolute Gasteiger partial charge is 0.374 e. The van der Waals surface area contributed by atoms with E-state index in [1.54, 1.807) is 0 Å². The predicted molar refractivity (Wildman–Crippen MR) is 47.4 cm³/mol. The summed E-state index contributed by atoms with van der Waals surface area (Å²) in [7, 11) is 0. The highest BCUT2D eigenvalue weighted by Gasteiger charge is 2.39. The van der Waals surface area contributed by atoms with E-state index < -0.39 is 24.1 Å². The van der Waals surface area contributed by atoms with E-state index in [0.29, 0.717) is 5.56 Å². The maximum Gasteiger partial charge on any atom is 0.374 e. The highest BCUT2D eigenvalue weighted by atomic mass is 19.3. The van der Waals surface area contributed by atoms with Crippen molar-refractivity contribution < 1.29 is 23.1 Å². The van der Waals surface area contributed by atoms with Crippen molar-refractivity contribution in [2.24, 2.45) is 0 Å². The Kier molecular flexibility index (Phi) is 3.02. The number of hydrogen-bond donors (Lipinski definition) is 1. The molecule has 0 aliphatic heterocycles. The van der Waals surface area contributed by atoms with Gasteiger partial charge in [0, 0.05) is 0 Å². The van der Waals surface area contributed by atoms with Gasteiger partial charge in [0.25, 0.3) is 0 Å². The molecule has 0 atom stereocenters. The fourth-order valence-corrected chi connectivity index (χ4v) is 1.19. The molecular formula is C10H9F3O2. The topological polar surface area (TPSA) is 37.3 Å². The molecule has 0 aliphatic rings. The van der Waals surface area contributed by atoms with Crippen LogP contribution in [-0.4, -0.2) is 17.0 Å². The molecular weight excluding hydrogens is 209 g/mol. The number of benzene rings is 1. The van der Waals surface area contributed by atoms with Crippen LogP contribution in [0.4, 0.5) is 13.2 Å². The molecule has 5 heteroatoms. The number of hydrogen-bond acceptors (Lipinski definition) is 1. The van der Waals surface area contributed by atoms with Crippen molar-refractivity contribution in [3.05, 3.63) is 35.1 Å². The average molecular weight is 218 g/mol. The van der Waals surface area contributed by atoms with E-state index in [-0.39, 0.29) is 5.56 Å². The maximum atomic E-state index is 13.1. The van der Waals surface area contributed by atoms with Gasteiger partial charge in [0.15, 0.2) is 0 Å². The van der Waals surface area contributed by atoms with E-state index in [1.807, 2.05) is 0 Å². The van der Waals surface area contributed by atoms with Crippen LogP contribution in [0.1, 0.15) is 11.1 Å². The Morgan fingerprint density at radius 3 is 2.53 bits per heavy atom. The number of carboxylic acid groups (broad SMARTS) is 1. The molecule has 0 saturated heterocycles. The summed E-state index contributed by atoms with van der Waals surface area (Å²) in [6.07, 6.45) is -1.12. The van der Waals surface area contributed by atoms with E-state index in [9.17, 15) is 18.0 Å². The minimum atomic E-state index is -3.94. The lowest BCUT2D eigenvalue weighted by atomic mass is 10.0. The number of alkyl halides is 2. The Hall–Kier alpha value is -1.52. The maximum absolute atomic E-state index is 13.1. The molecule has 82 valence electrons. The van der Waals surface area contributed by atoms with Crippen molar-refractivity contribution in [1.29, 1.82) is 0 Å². The van der Waals surface area contributed by atoms with Crippen LogP contribution in [0.3, 0.4) is 0 Å². The molecule has 0 unspecified atom stereocenters. The fraction of sp³-hybridized carbons (Fsp3) is 0.300. The summed E-state index contributed by atoms with van der Waals surface area (Å²) in [4.78, 5) is 10.2. The van der Waals surface area contributed by atoms with Gasteiger partial charge >= 0.3 is 11.9 Å². The number of carbonyl (C=O) groups is 1. The quantitative estimate of drug-likeness (QED) is 0.845. The van der Waals surface area contributed by atoms with Crippen LogP contribution in [0.5, 0.6) is 0 Å². The van der Waals surface area contributed by atoms with Crippen molar-refractivity contribution in [2.75, 3.05) is 0 Å². The van der Waals surface area contributed by atoms with Gasteiger partial charge in [0.2, 0.25) is 0 Å². The number of carboxylic acids is 1. The van der Waals surface area contributed by atoms with Crippen LogP contribution < -0.4 is 0 Å². The van der Waals surface area contributed by atoms with Crippen molar-refractivity contribution in [1.82, 2.24) is 0 Å². The first-order chi connectivity index (χ1) is 6.84. The van der Waals surface area contributed by atoms with Crippen molar-refractivity contribution in [3.63, 3.8) is 0 Å². The van der Waals surface area contributed by atoms with Gasteiger partial charge in [-0.15, -0.1) is 0 Å². The molecule has 0 aromatic heterocycles. The molecule has 2 nitrogen and oxygen atoms in total. The lowest BCUT2D eigenvalue weighted by molar-refractivity contribution is -0.164. The van der Waals surface area contributed by atoms with Crippen molar-refractivity contribution in [2.45, 2.75) is 19.3 Å². The summed E-state index contributed by atoms with van der Waals surface area (Å²) >= 11 is 0. The van der Waals surface area contributed by atoms with Crippen LogP contribution in [0.2, 0.25) is 0 Å². The van der Waals surface area contributed by atoms with Crippen LogP contribution >= 0.6 is 0 Å². The zero-order chi connectivity index (χ0) is 11.6.